The number of carbonyl (C=O) groups excluding carboxylic acids is 2. The number of hydroxylamine groups is 2. The molecule has 0 saturated heterocycles. The molecule has 1 unspecified atom stereocenters. The molecule has 0 bridgehead atoms. The summed E-state index contributed by atoms with van der Waals surface area (Å²) in [7, 11) is 2.99. The monoisotopic (exact) mass is 290 g/mol. The molecular formula is C14H18N4O3. The Morgan fingerprint density at radius 3 is 2.38 bits per heavy atom. The van der Waals surface area contributed by atoms with Gasteiger partial charge < -0.3 is 4.90 Å². The lowest BCUT2D eigenvalue weighted by atomic mass is 9.96. The molecule has 1 heterocycles. The molecule has 1 N–H and O–H groups in total. The van der Waals surface area contributed by atoms with Gasteiger partial charge in [-0.25, -0.2) is 4.79 Å². The molecule has 0 saturated carbocycles. The molecule has 2 rings (SSSR count). The van der Waals surface area contributed by atoms with E-state index in [1.807, 2.05) is 6.07 Å². The molecule has 21 heavy (non-hydrogen) atoms. The standard InChI is InChI=1S/C14H18N4O3/c1-10-14(2,18(21)13(20)16(3)4)12(19)17(15-10)11-8-6-5-7-9-11/h5-9,21H,1-4H3. The first kappa shape index (κ1) is 15.0. The van der Waals surface area contributed by atoms with E-state index in [0.717, 1.165) is 0 Å². The van der Waals surface area contributed by atoms with Gasteiger partial charge in [-0.2, -0.15) is 15.2 Å². The second-order valence-corrected chi connectivity index (χ2v) is 5.20. The molecule has 7 heteroatoms. The van der Waals surface area contributed by atoms with Gasteiger partial charge in [-0.1, -0.05) is 18.2 Å². The normalized spacial score (nSPS) is 21.3. The van der Waals surface area contributed by atoms with Gasteiger partial charge in [0.05, 0.1) is 11.4 Å². The van der Waals surface area contributed by atoms with E-state index in [1.54, 1.807) is 31.2 Å². The summed E-state index contributed by atoms with van der Waals surface area (Å²) in [5.41, 5.74) is -0.595. The van der Waals surface area contributed by atoms with E-state index in [1.165, 1.54) is 30.9 Å². The molecule has 3 amide bonds. The van der Waals surface area contributed by atoms with Crippen molar-refractivity contribution < 1.29 is 14.8 Å². The maximum Gasteiger partial charge on any atom is 0.344 e. The summed E-state index contributed by atoms with van der Waals surface area (Å²) in [5, 5.41) is 16.0. The number of para-hydroxylation sites is 1. The smallest absolute Gasteiger partial charge is 0.329 e. The van der Waals surface area contributed by atoms with Crippen LogP contribution in [0.5, 0.6) is 0 Å². The highest BCUT2D eigenvalue weighted by Crippen LogP contribution is 2.30. The molecular weight excluding hydrogens is 272 g/mol. The van der Waals surface area contributed by atoms with Gasteiger partial charge in [-0.15, -0.1) is 0 Å². The quantitative estimate of drug-likeness (QED) is 0.663. The minimum atomic E-state index is -1.52. The lowest BCUT2D eigenvalue weighted by Gasteiger charge is -2.33. The minimum absolute atomic E-state index is 0.342. The summed E-state index contributed by atoms with van der Waals surface area (Å²) in [5.74, 6) is -0.482. The maximum absolute atomic E-state index is 12.6. The number of carbonyl (C=O) groups is 2. The second kappa shape index (κ2) is 5.17. The molecule has 7 nitrogen and oxygen atoms in total. The van der Waals surface area contributed by atoms with Crippen LogP contribution in [0.15, 0.2) is 35.4 Å². The zero-order chi connectivity index (χ0) is 15.8. The molecule has 0 spiro atoms. The highest BCUT2D eigenvalue weighted by atomic mass is 16.5. The van der Waals surface area contributed by atoms with E-state index in [-0.39, 0.29) is 0 Å². The molecule has 112 valence electrons. The fraction of sp³-hybridized carbons (Fsp3) is 0.357. The predicted molar refractivity (Wildman–Crippen MR) is 78.2 cm³/mol. The van der Waals surface area contributed by atoms with Crippen molar-refractivity contribution in [2.24, 2.45) is 5.10 Å². The SMILES string of the molecule is CC1=NN(c2ccccc2)C(=O)C1(C)N(O)C(=O)N(C)C. The average molecular weight is 290 g/mol. The summed E-state index contributed by atoms with van der Waals surface area (Å²) < 4.78 is 0. The molecule has 1 atom stereocenters. The molecule has 0 fully saturated rings. The third-order valence-corrected chi connectivity index (χ3v) is 3.55. The number of hydrogen-bond acceptors (Lipinski definition) is 4. The lowest BCUT2D eigenvalue weighted by Crippen LogP contribution is -2.59. The number of amides is 3. The number of hydrazone groups is 1. The first-order valence-electron chi connectivity index (χ1n) is 6.45. The van der Waals surface area contributed by atoms with E-state index in [0.29, 0.717) is 16.5 Å². The Balaban J connectivity index is 2.38. The number of anilines is 1. The third kappa shape index (κ3) is 2.25. The predicted octanol–water partition coefficient (Wildman–Crippen LogP) is 1.54. The Bertz CT molecular complexity index is 599. The first-order valence-corrected chi connectivity index (χ1v) is 6.45. The van der Waals surface area contributed by atoms with Crippen LogP contribution in [0.3, 0.4) is 0 Å². The van der Waals surface area contributed by atoms with Crippen molar-refractivity contribution in [1.82, 2.24) is 9.96 Å². The fourth-order valence-electron chi connectivity index (χ4n) is 2.02. The Hall–Kier alpha value is -2.41. The van der Waals surface area contributed by atoms with Crippen molar-refractivity contribution in [3.63, 3.8) is 0 Å². The van der Waals surface area contributed by atoms with Crippen LogP contribution in [0.4, 0.5) is 10.5 Å². The van der Waals surface area contributed by atoms with Crippen molar-refractivity contribution in [3.8, 4) is 0 Å². The van der Waals surface area contributed by atoms with E-state index in [2.05, 4.69) is 5.10 Å². The Kier molecular flexibility index (Phi) is 3.69. The second-order valence-electron chi connectivity index (χ2n) is 5.20. The van der Waals surface area contributed by atoms with E-state index >= 15 is 0 Å². The number of urea groups is 1. The molecule has 0 radical (unpaired) electrons. The van der Waals surface area contributed by atoms with Crippen molar-refractivity contribution in [2.75, 3.05) is 19.1 Å². The molecule has 1 aromatic rings. The van der Waals surface area contributed by atoms with Crippen LogP contribution in [0.25, 0.3) is 0 Å². The highest BCUT2D eigenvalue weighted by molar-refractivity contribution is 6.23. The summed E-state index contributed by atoms with van der Waals surface area (Å²) in [6.45, 7) is 3.07. The lowest BCUT2D eigenvalue weighted by molar-refractivity contribution is -0.144. The Labute approximate surface area is 123 Å². The van der Waals surface area contributed by atoms with E-state index < -0.39 is 17.5 Å². The van der Waals surface area contributed by atoms with Crippen LogP contribution in [-0.2, 0) is 4.79 Å². The molecule has 0 aromatic heterocycles. The number of hydrogen-bond donors (Lipinski definition) is 1. The van der Waals surface area contributed by atoms with Gasteiger partial charge in [0.1, 0.15) is 0 Å². The van der Waals surface area contributed by atoms with E-state index in [4.69, 9.17) is 0 Å². The fourth-order valence-corrected chi connectivity index (χ4v) is 2.02. The number of rotatable bonds is 2. The van der Waals surface area contributed by atoms with Gasteiger partial charge in [0.15, 0.2) is 5.54 Å². The largest absolute Gasteiger partial charge is 0.344 e. The summed E-state index contributed by atoms with van der Waals surface area (Å²) >= 11 is 0. The van der Waals surface area contributed by atoms with Gasteiger partial charge in [-0.05, 0) is 26.0 Å². The van der Waals surface area contributed by atoms with Crippen LogP contribution >= 0.6 is 0 Å². The molecule has 0 aliphatic carbocycles. The number of nitrogens with zero attached hydrogens (tertiary/aromatic N) is 4. The van der Waals surface area contributed by atoms with Crippen molar-refractivity contribution in [2.45, 2.75) is 19.4 Å². The van der Waals surface area contributed by atoms with Gasteiger partial charge in [0, 0.05) is 14.1 Å². The van der Waals surface area contributed by atoms with Crippen LogP contribution in [0.2, 0.25) is 0 Å². The van der Waals surface area contributed by atoms with Gasteiger partial charge in [0.2, 0.25) is 0 Å². The third-order valence-electron chi connectivity index (χ3n) is 3.55. The Morgan fingerprint density at radius 1 is 1.29 bits per heavy atom. The zero-order valence-corrected chi connectivity index (χ0v) is 12.4. The first-order chi connectivity index (χ1) is 9.80. The van der Waals surface area contributed by atoms with Crippen LogP contribution in [0, 0.1) is 0 Å². The molecule has 1 aromatic carbocycles. The summed E-state index contributed by atoms with van der Waals surface area (Å²) in [6, 6.07) is 8.17. The van der Waals surface area contributed by atoms with Crippen molar-refractivity contribution in [1.29, 1.82) is 0 Å². The summed E-state index contributed by atoms with van der Waals surface area (Å²) in [6.07, 6.45) is 0. The molecule has 1 aliphatic rings. The highest BCUT2D eigenvalue weighted by Gasteiger charge is 2.52. The van der Waals surface area contributed by atoms with Crippen molar-refractivity contribution >= 4 is 23.3 Å². The zero-order valence-electron chi connectivity index (χ0n) is 12.4. The topological polar surface area (TPSA) is 76.5 Å². The van der Waals surface area contributed by atoms with Gasteiger partial charge in [-0.3, -0.25) is 10.0 Å². The minimum Gasteiger partial charge on any atom is -0.329 e. The Morgan fingerprint density at radius 2 is 1.86 bits per heavy atom. The van der Waals surface area contributed by atoms with Crippen LogP contribution in [-0.4, -0.2) is 52.5 Å². The van der Waals surface area contributed by atoms with Crippen molar-refractivity contribution in [3.05, 3.63) is 30.3 Å². The van der Waals surface area contributed by atoms with Crippen LogP contribution in [0.1, 0.15) is 13.8 Å². The van der Waals surface area contributed by atoms with Gasteiger partial charge >= 0.3 is 6.03 Å². The maximum atomic E-state index is 12.6. The number of benzene rings is 1. The summed E-state index contributed by atoms with van der Waals surface area (Å²) in [4.78, 5) is 25.8. The van der Waals surface area contributed by atoms with Gasteiger partial charge in [0.25, 0.3) is 5.91 Å². The van der Waals surface area contributed by atoms with Crippen LogP contribution < -0.4 is 5.01 Å². The average Bonchev–Trinajstić information content (AvgIpc) is 2.71. The molecule has 1 aliphatic heterocycles. The van der Waals surface area contributed by atoms with E-state index in [9.17, 15) is 14.8 Å².